The number of hydrogen-bond donors (Lipinski definition) is 1. The number of nitrogens with zero attached hydrogens (tertiary/aromatic N) is 1. The zero-order chi connectivity index (χ0) is 61.2. The quantitative estimate of drug-likeness (QED) is 0.0211. The highest BCUT2D eigenvalue weighted by Crippen LogP contribution is 2.20. The van der Waals surface area contributed by atoms with Gasteiger partial charge < -0.3 is 28.5 Å². The van der Waals surface area contributed by atoms with Gasteiger partial charge in [-0.3, -0.25) is 9.59 Å². The van der Waals surface area contributed by atoms with E-state index in [1.807, 2.05) is 21.1 Å². The van der Waals surface area contributed by atoms with E-state index in [1.54, 1.807) is 0 Å². The van der Waals surface area contributed by atoms with Crippen molar-refractivity contribution in [2.45, 2.75) is 405 Å². The average Bonchev–Trinajstić information content (AvgIpc) is 3.55. The van der Waals surface area contributed by atoms with Crippen molar-refractivity contribution < 1.29 is 42.9 Å². The summed E-state index contributed by atoms with van der Waals surface area (Å²) in [6, 6.07) is 0. The van der Waals surface area contributed by atoms with Crippen molar-refractivity contribution in [3.8, 4) is 0 Å². The van der Waals surface area contributed by atoms with E-state index in [-0.39, 0.29) is 32.2 Å². The van der Waals surface area contributed by atoms with Crippen molar-refractivity contribution in [3.05, 3.63) is 12.2 Å². The second-order valence-electron chi connectivity index (χ2n) is 27.0. The first-order valence-electron chi connectivity index (χ1n) is 37.4. The molecule has 0 aliphatic carbocycles. The van der Waals surface area contributed by atoms with Crippen molar-refractivity contribution in [2.75, 3.05) is 47.5 Å². The molecule has 0 aromatic heterocycles. The van der Waals surface area contributed by atoms with E-state index in [0.29, 0.717) is 17.4 Å². The van der Waals surface area contributed by atoms with Crippen LogP contribution >= 0.6 is 0 Å². The molecular formula is C75H146NO8+. The fourth-order valence-electron chi connectivity index (χ4n) is 11.5. The van der Waals surface area contributed by atoms with Crippen LogP contribution in [0.25, 0.3) is 0 Å². The standard InChI is InChI=1S/C75H145NO8/c1-6-8-10-12-14-16-18-20-22-24-26-27-28-29-30-31-32-33-34-35-36-37-38-39-40-41-42-43-44-45-46-47-48-50-51-53-55-57-59-61-63-65-72(77)82-69-71(70-83-75(74(79)80)81-68-67-76(3,4)5)84-73(78)66-64-62-60-58-56-54-52-49-25-23-21-19-17-15-13-11-9-7-2/h23,25,71,75H,6-22,24,26-70H2,1-5H3/p+1/b25-23-. The number of carboxylic acids is 1. The van der Waals surface area contributed by atoms with E-state index in [1.165, 1.54) is 315 Å². The highest BCUT2D eigenvalue weighted by atomic mass is 16.7. The van der Waals surface area contributed by atoms with Crippen molar-refractivity contribution >= 4 is 17.9 Å². The third-order valence-corrected chi connectivity index (χ3v) is 17.3. The smallest absolute Gasteiger partial charge is 0.361 e. The summed E-state index contributed by atoms with van der Waals surface area (Å²) in [4.78, 5) is 37.6. The number of quaternary nitrogens is 1. The molecule has 0 aliphatic rings. The maximum Gasteiger partial charge on any atom is 0.361 e. The van der Waals surface area contributed by atoms with Gasteiger partial charge >= 0.3 is 17.9 Å². The number of esters is 2. The largest absolute Gasteiger partial charge is 0.477 e. The number of aliphatic carboxylic acids is 1. The third-order valence-electron chi connectivity index (χ3n) is 17.3. The lowest BCUT2D eigenvalue weighted by Crippen LogP contribution is -2.40. The van der Waals surface area contributed by atoms with Crippen LogP contribution in [0.3, 0.4) is 0 Å². The van der Waals surface area contributed by atoms with Crippen LogP contribution in [-0.4, -0.2) is 87.4 Å². The average molecular weight is 1190 g/mol. The van der Waals surface area contributed by atoms with Gasteiger partial charge in [-0.25, -0.2) is 4.79 Å². The maximum absolute atomic E-state index is 12.9. The van der Waals surface area contributed by atoms with E-state index in [2.05, 4.69) is 26.0 Å². The summed E-state index contributed by atoms with van der Waals surface area (Å²) < 4.78 is 23.0. The van der Waals surface area contributed by atoms with E-state index >= 15 is 0 Å². The molecule has 0 radical (unpaired) electrons. The van der Waals surface area contributed by atoms with Crippen molar-refractivity contribution in [3.63, 3.8) is 0 Å². The van der Waals surface area contributed by atoms with Gasteiger partial charge in [0.2, 0.25) is 0 Å². The summed E-state index contributed by atoms with van der Waals surface area (Å²) in [5, 5.41) is 9.73. The first-order valence-corrected chi connectivity index (χ1v) is 37.4. The fraction of sp³-hybridized carbons (Fsp3) is 0.933. The van der Waals surface area contributed by atoms with Gasteiger partial charge in [-0.05, 0) is 38.5 Å². The van der Waals surface area contributed by atoms with Crippen molar-refractivity contribution in [1.82, 2.24) is 0 Å². The first-order chi connectivity index (χ1) is 41.1. The van der Waals surface area contributed by atoms with Gasteiger partial charge in [0, 0.05) is 12.8 Å². The minimum Gasteiger partial charge on any atom is -0.477 e. The van der Waals surface area contributed by atoms with Crippen LogP contribution in [0.1, 0.15) is 393 Å². The number of unbranched alkanes of at least 4 members (excludes halogenated alkanes) is 54. The van der Waals surface area contributed by atoms with Crippen LogP contribution in [0.2, 0.25) is 0 Å². The predicted octanol–water partition coefficient (Wildman–Crippen LogP) is 23.2. The van der Waals surface area contributed by atoms with Crippen LogP contribution in [0, 0.1) is 0 Å². The zero-order valence-corrected chi connectivity index (χ0v) is 57.1. The minimum atomic E-state index is -1.51. The molecule has 0 aromatic carbocycles. The number of rotatable bonds is 71. The van der Waals surface area contributed by atoms with E-state index in [0.717, 1.165) is 51.4 Å². The molecule has 9 heteroatoms. The number of ether oxygens (including phenoxy) is 4. The first kappa shape index (κ1) is 82.0. The van der Waals surface area contributed by atoms with Crippen molar-refractivity contribution in [1.29, 1.82) is 0 Å². The SMILES string of the molecule is CCCCCCCCC/C=C\CCCCCCCCCC(=O)OC(COC(=O)CCCCCCCCCCCCCCCCCCCCCCCCCCCCCCCCCCCCCCCCCCC)COC(OCC[N+](C)(C)C)C(=O)O. The molecule has 9 nitrogen and oxygen atoms in total. The molecule has 2 atom stereocenters. The topological polar surface area (TPSA) is 108 Å². The Morgan fingerprint density at radius 2 is 0.607 bits per heavy atom. The molecule has 0 spiro atoms. The number of carbonyl (C=O) groups is 3. The molecule has 498 valence electrons. The fourth-order valence-corrected chi connectivity index (χ4v) is 11.5. The van der Waals surface area contributed by atoms with Crippen LogP contribution in [0.15, 0.2) is 12.2 Å². The summed E-state index contributed by atoms with van der Waals surface area (Å²) in [5.41, 5.74) is 0. The summed E-state index contributed by atoms with van der Waals surface area (Å²) in [6.45, 7) is 4.94. The Morgan fingerprint density at radius 1 is 0.345 bits per heavy atom. The van der Waals surface area contributed by atoms with Gasteiger partial charge in [0.15, 0.2) is 6.10 Å². The third kappa shape index (κ3) is 67.5. The van der Waals surface area contributed by atoms with Crippen LogP contribution in [-0.2, 0) is 33.3 Å². The lowest BCUT2D eigenvalue weighted by molar-refractivity contribution is -0.870. The summed E-state index contributed by atoms with van der Waals surface area (Å²) >= 11 is 0. The second kappa shape index (κ2) is 67.0. The molecule has 0 aromatic rings. The Bertz CT molecular complexity index is 1380. The molecule has 0 fully saturated rings. The molecule has 0 saturated carbocycles. The Balaban J connectivity index is 3.87. The van der Waals surface area contributed by atoms with Gasteiger partial charge in [-0.2, -0.15) is 0 Å². The maximum atomic E-state index is 12.9. The summed E-state index contributed by atoms with van der Waals surface area (Å²) in [5.74, 6) is -1.98. The van der Waals surface area contributed by atoms with Crippen molar-refractivity contribution in [2.24, 2.45) is 0 Å². The van der Waals surface area contributed by atoms with Gasteiger partial charge in [0.05, 0.1) is 34.4 Å². The molecule has 0 amide bonds. The Labute approximate surface area is 523 Å². The monoisotopic (exact) mass is 1190 g/mol. The summed E-state index contributed by atoms with van der Waals surface area (Å²) in [7, 11) is 5.99. The van der Waals surface area contributed by atoms with Gasteiger partial charge in [0.1, 0.15) is 13.2 Å². The lowest BCUT2D eigenvalue weighted by Gasteiger charge is -2.25. The second-order valence-corrected chi connectivity index (χ2v) is 27.0. The van der Waals surface area contributed by atoms with E-state index in [9.17, 15) is 19.5 Å². The minimum absolute atomic E-state index is 0.177. The van der Waals surface area contributed by atoms with Gasteiger partial charge in [-0.15, -0.1) is 0 Å². The molecule has 0 heterocycles. The van der Waals surface area contributed by atoms with Gasteiger partial charge in [-0.1, -0.05) is 353 Å². The van der Waals surface area contributed by atoms with E-state index in [4.69, 9.17) is 18.9 Å². The Morgan fingerprint density at radius 3 is 0.881 bits per heavy atom. The zero-order valence-electron chi connectivity index (χ0n) is 57.1. The Kier molecular flexibility index (Phi) is 65.4. The molecule has 0 aliphatic heterocycles. The lowest BCUT2D eigenvalue weighted by atomic mass is 10.0. The Hall–Kier alpha value is -1.97. The number of carboxylic acid groups (broad SMARTS) is 1. The summed E-state index contributed by atoms with van der Waals surface area (Å²) in [6.07, 6.45) is 79.4. The molecule has 1 N–H and O–H groups in total. The number of likely N-dealkylation sites (N-methyl/N-ethyl adjacent to an activating group) is 1. The predicted molar refractivity (Wildman–Crippen MR) is 360 cm³/mol. The molecular weight excluding hydrogens is 1040 g/mol. The molecule has 0 saturated heterocycles. The number of allylic oxidation sites excluding steroid dienone is 2. The van der Waals surface area contributed by atoms with Crippen LogP contribution in [0.4, 0.5) is 0 Å². The number of hydrogen-bond acceptors (Lipinski definition) is 7. The number of carbonyl (C=O) groups excluding carboxylic acids is 2. The molecule has 0 bridgehead atoms. The van der Waals surface area contributed by atoms with E-state index < -0.39 is 24.3 Å². The van der Waals surface area contributed by atoms with Gasteiger partial charge in [0.25, 0.3) is 6.29 Å². The highest BCUT2D eigenvalue weighted by Gasteiger charge is 2.25. The van der Waals surface area contributed by atoms with Crippen LogP contribution in [0.5, 0.6) is 0 Å². The van der Waals surface area contributed by atoms with Crippen LogP contribution < -0.4 is 0 Å². The highest BCUT2D eigenvalue weighted by molar-refractivity contribution is 5.71. The normalized spacial score (nSPS) is 12.6. The molecule has 2 unspecified atom stereocenters. The molecule has 84 heavy (non-hydrogen) atoms. The molecule has 0 rings (SSSR count).